The van der Waals surface area contributed by atoms with Crippen molar-refractivity contribution in [3.63, 3.8) is 0 Å². The molecule has 1 aliphatic heterocycles. The third-order valence-electron chi connectivity index (χ3n) is 4.31. The number of nitrogens with zero attached hydrogens (tertiary/aromatic N) is 2. The zero-order valence-corrected chi connectivity index (χ0v) is 15.5. The lowest BCUT2D eigenvalue weighted by Crippen LogP contribution is -2.36. The quantitative estimate of drug-likeness (QED) is 0.765. The lowest BCUT2D eigenvalue weighted by Gasteiger charge is -2.26. The van der Waals surface area contributed by atoms with Gasteiger partial charge in [-0.25, -0.2) is 0 Å². The minimum absolute atomic E-state index is 0.883. The van der Waals surface area contributed by atoms with Gasteiger partial charge >= 0.3 is 0 Å². The normalized spacial score (nSPS) is 16.3. The molecule has 2 heterocycles. The second kappa shape index (κ2) is 7.19. The Morgan fingerprint density at radius 2 is 2.05 bits per heavy atom. The van der Waals surface area contributed by atoms with Crippen molar-refractivity contribution in [3.8, 4) is 0 Å². The summed E-state index contributed by atoms with van der Waals surface area (Å²) in [4.78, 5) is 8.29. The van der Waals surface area contributed by atoms with Gasteiger partial charge in [-0.3, -0.25) is 4.90 Å². The number of aryl methyl sites for hydroxylation is 1. The van der Waals surface area contributed by atoms with Crippen molar-refractivity contribution in [3.05, 3.63) is 27.3 Å². The molecular weight excluding hydrogens is 389 g/mol. The lowest BCUT2D eigenvalue weighted by molar-refractivity contribution is 0.0375. The van der Waals surface area contributed by atoms with Crippen molar-refractivity contribution < 1.29 is 4.74 Å². The summed E-state index contributed by atoms with van der Waals surface area (Å²) in [6.07, 6.45) is 2.31. The Hall–Kier alpha value is -0.790. The molecule has 0 atom stereocenters. The monoisotopic (exact) mass is 413 g/mol. The zero-order valence-electron chi connectivity index (χ0n) is 13.4. The predicted molar refractivity (Wildman–Crippen MR) is 101 cm³/mol. The SMILES string of the molecule is CN(C)c1[nH]c2cccc(I)c2c1CCCN1CCOCC1. The minimum atomic E-state index is 0.883. The van der Waals surface area contributed by atoms with Gasteiger partial charge in [0.2, 0.25) is 0 Å². The Kier molecular flexibility index (Phi) is 5.25. The number of morpholine rings is 1. The molecule has 0 saturated carbocycles. The Balaban J connectivity index is 1.77. The summed E-state index contributed by atoms with van der Waals surface area (Å²) in [5.41, 5.74) is 2.70. The molecule has 0 radical (unpaired) electrons. The molecule has 4 nitrogen and oxygen atoms in total. The first-order valence-corrected chi connectivity index (χ1v) is 9.01. The zero-order chi connectivity index (χ0) is 15.5. The molecule has 0 bridgehead atoms. The summed E-state index contributed by atoms with van der Waals surface area (Å²) in [5.74, 6) is 1.25. The number of anilines is 1. The molecule has 5 heteroatoms. The van der Waals surface area contributed by atoms with Gasteiger partial charge in [-0.15, -0.1) is 0 Å². The van der Waals surface area contributed by atoms with Crippen LogP contribution in [0, 0.1) is 3.57 Å². The third-order valence-corrected chi connectivity index (χ3v) is 5.21. The number of rotatable bonds is 5. The predicted octanol–water partition coefficient (Wildman–Crippen LogP) is 3.10. The minimum Gasteiger partial charge on any atom is -0.379 e. The van der Waals surface area contributed by atoms with Gasteiger partial charge in [-0.05, 0) is 54.1 Å². The van der Waals surface area contributed by atoms with Crippen molar-refractivity contribution in [2.75, 3.05) is 51.8 Å². The van der Waals surface area contributed by atoms with Crippen LogP contribution in [0.5, 0.6) is 0 Å². The Morgan fingerprint density at radius 3 is 2.77 bits per heavy atom. The highest BCUT2D eigenvalue weighted by Gasteiger charge is 2.16. The maximum absolute atomic E-state index is 5.42. The number of benzene rings is 1. The third kappa shape index (κ3) is 3.41. The molecule has 2 aromatic rings. The summed E-state index contributed by atoms with van der Waals surface area (Å²) >= 11 is 2.45. The number of hydrogen-bond donors (Lipinski definition) is 1. The van der Waals surface area contributed by atoms with Crippen LogP contribution in [0.1, 0.15) is 12.0 Å². The molecule has 1 aromatic heterocycles. The molecule has 0 unspecified atom stereocenters. The molecule has 0 amide bonds. The van der Waals surface area contributed by atoms with Crippen molar-refractivity contribution in [1.29, 1.82) is 0 Å². The molecule has 120 valence electrons. The molecule has 3 rings (SSSR count). The van der Waals surface area contributed by atoms with E-state index >= 15 is 0 Å². The summed E-state index contributed by atoms with van der Waals surface area (Å²) < 4.78 is 6.76. The maximum Gasteiger partial charge on any atom is 0.109 e. The fourth-order valence-corrected chi connectivity index (χ4v) is 4.01. The number of nitrogens with one attached hydrogen (secondary N) is 1. The Bertz CT molecular complexity index is 632. The van der Waals surface area contributed by atoms with E-state index in [0.717, 1.165) is 39.3 Å². The number of hydrogen-bond acceptors (Lipinski definition) is 3. The van der Waals surface area contributed by atoms with Crippen LogP contribution in [-0.2, 0) is 11.2 Å². The molecule has 1 aliphatic rings. The van der Waals surface area contributed by atoms with Crippen molar-refractivity contribution in [1.82, 2.24) is 9.88 Å². The average molecular weight is 413 g/mol. The van der Waals surface area contributed by atoms with Gasteiger partial charge in [0.1, 0.15) is 5.82 Å². The molecule has 1 N–H and O–H groups in total. The number of aromatic amines is 1. The Labute approximate surface area is 145 Å². The van der Waals surface area contributed by atoms with Gasteiger partial charge in [0.05, 0.1) is 13.2 Å². The number of halogens is 1. The average Bonchev–Trinajstić information content (AvgIpc) is 2.89. The standard InChI is InChI=1S/C17H24IN3O/c1-20(2)17-13(5-4-8-21-9-11-22-12-10-21)16-14(18)6-3-7-15(16)19-17/h3,6-7,19H,4-5,8-12H2,1-2H3. The first-order valence-electron chi connectivity index (χ1n) is 7.93. The number of H-pyrrole nitrogens is 1. The van der Waals surface area contributed by atoms with E-state index in [1.165, 1.54) is 32.3 Å². The summed E-state index contributed by atoms with van der Waals surface area (Å²) in [6, 6.07) is 6.50. The van der Waals surface area contributed by atoms with Gasteiger partial charge in [0.25, 0.3) is 0 Å². The van der Waals surface area contributed by atoms with Crippen LogP contribution in [0.2, 0.25) is 0 Å². The topological polar surface area (TPSA) is 31.5 Å². The van der Waals surface area contributed by atoms with Crippen molar-refractivity contribution in [2.24, 2.45) is 0 Å². The molecular formula is C17H24IN3O. The van der Waals surface area contributed by atoms with Gasteiger partial charge in [0.15, 0.2) is 0 Å². The highest BCUT2D eigenvalue weighted by Crippen LogP contribution is 2.32. The first kappa shape index (κ1) is 16.1. The fraction of sp³-hybridized carbons (Fsp3) is 0.529. The van der Waals surface area contributed by atoms with E-state index in [0.29, 0.717) is 0 Å². The van der Waals surface area contributed by atoms with Gasteiger partial charge < -0.3 is 14.6 Å². The fourth-order valence-electron chi connectivity index (χ4n) is 3.19. The highest BCUT2D eigenvalue weighted by atomic mass is 127. The molecule has 1 saturated heterocycles. The summed E-state index contributed by atoms with van der Waals surface area (Å²) in [6.45, 7) is 5.08. The second-order valence-electron chi connectivity index (χ2n) is 6.07. The molecule has 1 fully saturated rings. The van der Waals surface area contributed by atoms with E-state index in [1.54, 1.807) is 0 Å². The molecule has 1 aromatic carbocycles. The first-order chi connectivity index (χ1) is 10.7. The molecule has 22 heavy (non-hydrogen) atoms. The number of aromatic nitrogens is 1. The molecule has 0 spiro atoms. The molecule has 0 aliphatic carbocycles. The van der Waals surface area contributed by atoms with Crippen LogP contribution in [0.15, 0.2) is 18.2 Å². The van der Waals surface area contributed by atoms with Crippen LogP contribution in [0.25, 0.3) is 10.9 Å². The van der Waals surface area contributed by atoms with E-state index in [9.17, 15) is 0 Å². The number of fused-ring (bicyclic) bond motifs is 1. The van der Waals surface area contributed by atoms with Crippen LogP contribution < -0.4 is 4.90 Å². The van der Waals surface area contributed by atoms with Crippen LogP contribution >= 0.6 is 22.6 Å². The summed E-state index contributed by atoms with van der Waals surface area (Å²) in [7, 11) is 4.23. The second-order valence-corrected chi connectivity index (χ2v) is 7.23. The Morgan fingerprint density at radius 1 is 1.27 bits per heavy atom. The van der Waals surface area contributed by atoms with Gasteiger partial charge in [-0.2, -0.15) is 0 Å². The van der Waals surface area contributed by atoms with E-state index in [4.69, 9.17) is 4.74 Å². The largest absolute Gasteiger partial charge is 0.379 e. The summed E-state index contributed by atoms with van der Waals surface area (Å²) in [5, 5.41) is 1.40. The van der Waals surface area contributed by atoms with Crippen molar-refractivity contribution in [2.45, 2.75) is 12.8 Å². The van der Waals surface area contributed by atoms with Gasteiger partial charge in [0, 0.05) is 47.2 Å². The van der Waals surface area contributed by atoms with Crippen molar-refractivity contribution >= 4 is 39.3 Å². The highest BCUT2D eigenvalue weighted by molar-refractivity contribution is 14.1. The number of ether oxygens (including phenoxy) is 1. The maximum atomic E-state index is 5.42. The van der Waals surface area contributed by atoms with E-state index < -0.39 is 0 Å². The van der Waals surface area contributed by atoms with Crippen LogP contribution in [-0.4, -0.2) is 56.8 Å². The van der Waals surface area contributed by atoms with Gasteiger partial charge in [-0.1, -0.05) is 6.07 Å². The van der Waals surface area contributed by atoms with E-state index in [2.05, 4.69) is 69.7 Å². The van der Waals surface area contributed by atoms with Crippen LogP contribution in [0.4, 0.5) is 5.82 Å². The van der Waals surface area contributed by atoms with E-state index in [-0.39, 0.29) is 0 Å². The smallest absolute Gasteiger partial charge is 0.109 e. The van der Waals surface area contributed by atoms with E-state index in [1.807, 2.05) is 0 Å². The van der Waals surface area contributed by atoms with Crippen LogP contribution in [0.3, 0.4) is 0 Å². The lowest BCUT2D eigenvalue weighted by atomic mass is 10.1.